The zero-order valence-electron chi connectivity index (χ0n) is 19.5. The molecule has 3 N–H and O–H groups in total. The van der Waals surface area contributed by atoms with E-state index in [1.807, 2.05) is 25.1 Å². The smallest absolute Gasteiger partial charge is 0.217 e. The van der Waals surface area contributed by atoms with Crippen molar-refractivity contribution in [1.29, 1.82) is 0 Å². The lowest BCUT2D eigenvalue weighted by molar-refractivity contribution is -0.120. The monoisotopic (exact) mass is 495 g/mol. The van der Waals surface area contributed by atoms with E-state index in [-0.39, 0.29) is 38.0 Å². The summed E-state index contributed by atoms with van der Waals surface area (Å²) in [5.41, 5.74) is 3.27. The zero-order valence-corrected chi connectivity index (χ0v) is 20.3. The number of aliphatic hydroxyl groups excluding tert-OH is 1. The van der Waals surface area contributed by atoms with Crippen LogP contribution in [0.3, 0.4) is 0 Å². The Morgan fingerprint density at radius 2 is 1.85 bits per heavy atom. The molecule has 1 amide bonds. The van der Waals surface area contributed by atoms with Gasteiger partial charge in [-0.2, -0.15) is 4.31 Å². The van der Waals surface area contributed by atoms with Crippen LogP contribution in [0, 0.1) is 11.6 Å². The van der Waals surface area contributed by atoms with Crippen LogP contribution >= 0.6 is 0 Å². The minimum absolute atomic E-state index is 0.0216. The first-order chi connectivity index (χ1) is 16.0. The first-order valence-corrected chi connectivity index (χ1v) is 13.0. The average Bonchev–Trinajstić information content (AvgIpc) is 2.74. The molecule has 10 heteroatoms. The van der Waals surface area contributed by atoms with Crippen LogP contribution in [0.2, 0.25) is 0 Å². The van der Waals surface area contributed by atoms with E-state index >= 15 is 0 Å². The van der Waals surface area contributed by atoms with E-state index in [0.717, 1.165) is 47.6 Å². The van der Waals surface area contributed by atoms with Gasteiger partial charge >= 0.3 is 0 Å². The van der Waals surface area contributed by atoms with E-state index in [9.17, 15) is 27.1 Å². The molecule has 0 fully saturated rings. The van der Waals surface area contributed by atoms with Gasteiger partial charge in [-0.15, -0.1) is 0 Å². The highest BCUT2D eigenvalue weighted by atomic mass is 32.2. The van der Waals surface area contributed by atoms with Crippen molar-refractivity contribution in [1.82, 2.24) is 14.9 Å². The Balaban J connectivity index is 1.79. The van der Waals surface area contributed by atoms with Gasteiger partial charge in [0, 0.05) is 38.7 Å². The van der Waals surface area contributed by atoms with Gasteiger partial charge in [-0.1, -0.05) is 25.1 Å². The molecule has 0 bridgehead atoms. The Bertz CT molecular complexity index is 1120. The average molecular weight is 496 g/mol. The van der Waals surface area contributed by atoms with Crippen LogP contribution in [0.1, 0.15) is 42.1 Å². The third-order valence-electron chi connectivity index (χ3n) is 6.00. The fourth-order valence-corrected chi connectivity index (χ4v) is 5.04. The van der Waals surface area contributed by atoms with Crippen molar-refractivity contribution in [3.63, 3.8) is 0 Å². The summed E-state index contributed by atoms with van der Waals surface area (Å²) >= 11 is 0. The predicted molar refractivity (Wildman–Crippen MR) is 125 cm³/mol. The lowest BCUT2D eigenvalue weighted by Gasteiger charge is -2.35. The summed E-state index contributed by atoms with van der Waals surface area (Å²) in [5.74, 6) is -1.87. The summed E-state index contributed by atoms with van der Waals surface area (Å²) in [6.07, 6.45) is 0.914. The van der Waals surface area contributed by atoms with Gasteiger partial charge < -0.3 is 15.7 Å². The standard InChI is InChI=1S/C24H31F2N3O4S/c1-4-16-5-6-18-13-29(34(3,32)33)14-23(21(18)9-16)27-12-24(31)22(28-15(2)30)10-17-7-19(25)11-20(26)8-17/h5-9,11,22-24,27,31H,4,10,12-14H2,1-3H3,(H,28,30)/t22-,23?,24-/m0/s1. The molecule has 34 heavy (non-hydrogen) atoms. The molecule has 0 aliphatic carbocycles. The third kappa shape index (κ3) is 6.82. The number of amides is 1. The Morgan fingerprint density at radius 1 is 1.18 bits per heavy atom. The number of fused-ring (bicyclic) bond motifs is 1. The maximum atomic E-state index is 13.6. The van der Waals surface area contributed by atoms with Crippen molar-refractivity contribution in [3.8, 4) is 0 Å². The van der Waals surface area contributed by atoms with Gasteiger partial charge in [0.15, 0.2) is 0 Å². The van der Waals surface area contributed by atoms with Gasteiger partial charge in [0.1, 0.15) is 11.6 Å². The fraction of sp³-hybridized carbons (Fsp3) is 0.458. The van der Waals surface area contributed by atoms with Crippen molar-refractivity contribution in [3.05, 3.63) is 70.3 Å². The molecule has 0 spiro atoms. The summed E-state index contributed by atoms with van der Waals surface area (Å²) in [4.78, 5) is 11.7. The first kappa shape index (κ1) is 26.2. The van der Waals surface area contributed by atoms with Crippen molar-refractivity contribution in [2.75, 3.05) is 19.3 Å². The van der Waals surface area contributed by atoms with Gasteiger partial charge in [-0.3, -0.25) is 4.79 Å². The Kier molecular flexibility index (Phi) is 8.40. The van der Waals surface area contributed by atoms with E-state index in [1.54, 1.807) is 0 Å². The van der Waals surface area contributed by atoms with E-state index in [0.29, 0.717) is 5.56 Å². The number of carbonyl (C=O) groups excluding carboxylic acids is 1. The van der Waals surface area contributed by atoms with Gasteiger partial charge in [-0.25, -0.2) is 17.2 Å². The van der Waals surface area contributed by atoms with Crippen LogP contribution in [-0.4, -0.2) is 55.2 Å². The SMILES string of the molecule is CCc1ccc2c(c1)C(NC[C@H](O)[C@H](Cc1cc(F)cc(F)c1)NC(C)=O)CN(S(C)(=O)=O)C2. The second-order valence-corrected chi connectivity index (χ2v) is 10.7. The molecule has 0 saturated carbocycles. The third-order valence-corrected chi connectivity index (χ3v) is 7.22. The minimum atomic E-state index is -3.43. The quantitative estimate of drug-likeness (QED) is 0.495. The van der Waals surface area contributed by atoms with Gasteiger partial charge in [0.2, 0.25) is 15.9 Å². The van der Waals surface area contributed by atoms with Crippen LogP contribution in [0.15, 0.2) is 36.4 Å². The normalized spacial score (nSPS) is 18.2. The molecule has 186 valence electrons. The zero-order chi connectivity index (χ0) is 25.0. The van der Waals surface area contributed by atoms with Crippen molar-refractivity contribution in [2.24, 2.45) is 0 Å². The number of benzene rings is 2. The number of nitrogens with zero attached hydrogens (tertiary/aromatic N) is 1. The second-order valence-electron chi connectivity index (χ2n) is 8.76. The number of aliphatic hydroxyl groups is 1. The lowest BCUT2D eigenvalue weighted by atomic mass is 9.93. The number of halogens is 2. The molecule has 1 aliphatic heterocycles. The number of aryl methyl sites for hydroxylation is 1. The number of hydrogen-bond donors (Lipinski definition) is 3. The molecule has 3 rings (SSSR count). The molecular weight excluding hydrogens is 464 g/mol. The lowest BCUT2D eigenvalue weighted by Crippen LogP contribution is -2.50. The maximum Gasteiger partial charge on any atom is 0.217 e. The van der Waals surface area contributed by atoms with Crippen LogP contribution < -0.4 is 10.6 Å². The summed E-state index contributed by atoms with van der Waals surface area (Å²) in [5, 5.41) is 16.7. The molecule has 2 aromatic rings. The van der Waals surface area contributed by atoms with Gasteiger partial charge in [0.25, 0.3) is 0 Å². The fourth-order valence-electron chi connectivity index (χ4n) is 4.25. The Labute approximate surface area is 199 Å². The highest BCUT2D eigenvalue weighted by molar-refractivity contribution is 7.88. The molecule has 1 aliphatic rings. The maximum absolute atomic E-state index is 13.6. The van der Waals surface area contributed by atoms with E-state index < -0.39 is 33.8 Å². The molecule has 7 nitrogen and oxygen atoms in total. The molecule has 1 heterocycles. The summed E-state index contributed by atoms with van der Waals surface area (Å²) < 4.78 is 53.1. The largest absolute Gasteiger partial charge is 0.390 e. The summed E-state index contributed by atoms with van der Waals surface area (Å²) in [6.45, 7) is 3.84. The number of carbonyl (C=O) groups is 1. The molecule has 3 atom stereocenters. The van der Waals surface area contributed by atoms with Crippen LogP contribution in [0.4, 0.5) is 8.78 Å². The number of hydrogen-bond acceptors (Lipinski definition) is 5. The summed E-state index contributed by atoms with van der Waals surface area (Å²) in [7, 11) is -3.43. The highest BCUT2D eigenvalue weighted by Crippen LogP contribution is 2.29. The number of rotatable bonds is 9. The van der Waals surface area contributed by atoms with Crippen LogP contribution in [0.25, 0.3) is 0 Å². The molecule has 2 aromatic carbocycles. The minimum Gasteiger partial charge on any atom is -0.390 e. The molecule has 0 saturated heterocycles. The van der Waals surface area contributed by atoms with E-state index in [1.165, 1.54) is 11.2 Å². The van der Waals surface area contributed by atoms with Crippen molar-refractivity contribution in [2.45, 2.75) is 51.4 Å². The Hall–Kier alpha value is -2.40. The first-order valence-electron chi connectivity index (χ1n) is 11.2. The molecule has 0 aromatic heterocycles. The number of nitrogens with one attached hydrogen (secondary N) is 2. The topological polar surface area (TPSA) is 98.7 Å². The second kappa shape index (κ2) is 10.9. The molecule has 1 unspecified atom stereocenters. The van der Waals surface area contributed by atoms with Gasteiger partial charge in [-0.05, 0) is 47.2 Å². The van der Waals surface area contributed by atoms with E-state index in [4.69, 9.17) is 0 Å². The Morgan fingerprint density at radius 3 is 2.44 bits per heavy atom. The van der Waals surface area contributed by atoms with E-state index in [2.05, 4.69) is 10.6 Å². The predicted octanol–water partition coefficient (Wildman–Crippen LogP) is 2.04. The molecule has 0 radical (unpaired) electrons. The van der Waals surface area contributed by atoms with Crippen LogP contribution in [0.5, 0.6) is 0 Å². The van der Waals surface area contributed by atoms with Crippen molar-refractivity contribution < 1.29 is 27.1 Å². The number of sulfonamides is 1. The van der Waals surface area contributed by atoms with Crippen molar-refractivity contribution >= 4 is 15.9 Å². The van der Waals surface area contributed by atoms with Crippen LogP contribution in [-0.2, 0) is 34.2 Å². The summed E-state index contributed by atoms with van der Waals surface area (Å²) in [6, 6.07) is 7.84. The highest BCUT2D eigenvalue weighted by Gasteiger charge is 2.31. The van der Waals surface area contributed by atoms with Gasteiger partial charge in [0.05, 0.1) is 18.4 Å². The molecular formula is C24H31F2N3O4S.